The number of imidazole rings is 1. The Labute approximate surface area is 158 Å². The minimum Gasteiger partial charge on any atom is -0.494 e. The molecule has 6 nitrogen and oxygen atoms in total. The summed E-state index contributed by atoms with van der Waals surface area (Å²) in [6, 6.07) is 7.86. The van der Waals surface area contributed by atoms with Crippen LogP contribution in [0.3, 0.4) is 0 Å². The molecule has 0 saturated carbocycles. The van der Waals surface area contributed by atoms with Gasteiger partial charge in [-0.3, -0.25) is 9.20 Å². The van der Waals surface area contributed by atoms with Gasteiger partial charge >= 0.3 is 0 Å². The highest BCUT2D eigenvalue weighted by Crippen LogP contribution is 2.25. The van der Waals surface area contributed by atoms with E-state index in [9.17, 15) is 4.79 Å². The molecule has 4 aromatic rings. The number of thiazole rings is 2. The number of carbonyl (C=O) groups excluding carboxylic acids is 1. The summed E-state index contributed by atoms with van der Waals surface area (Å²) in [6.45, 7) is 2.61. The first-order valence-electron chi connectivity index (χ1n) is 8.11. The number of ether oxygens (including phenoxy) is 1. The SMILES string of the molecule is CCOc1ccc(-c2cn3c(CC(=O)Nc4nccs4)csc3n2)cc1. The van der Waals surface area contributed by atoms with E-state index in [1.54, 1.807) is 6.20 Å². The number of rotatable bonds is 6. The molecule has 3 heterocycles. The number of carbonyl (C=O) groups is 1. The number of hydrogen-bond acceptors (Lipinski definition) is 6. The average molecular weight is 384 g/mol. The van der Waals surface area contributed by atoms with E-state index < -0.39 is 0 Å². The fourth-order valence-corrected chi connectivity index (χ4v) is 4.02. The molecule has 0 bridgehead atoms. The van der Waals surface area contributed by atoms with Crippen LogP contribution in [0.1, 0.15) is 12.6 Å². The van der Waals surface area contributed by atoms with E-state index >= 15 is 0 Å². The summed E-state index contributed by atoms with van der Waals surface area (Å²) in [6.07, 6.45) is 3.91. The van der Waals surface area contributed by atoms with Crippen LogP contribution < -0.4 is 10.1 Å². The lowest BCUT2D eigenvalue weighted by Gasteiger charge is -2.03. The number of nitrogens with zero attached hydrogens (tertiary/aromatic N) is 3. The molecule has 0 unspecified atom stereocenters. The Morgan fingerprint density at radius 2 is 2.12 bits per heavy atom. The zero-order chi connectivity index (χ0) is 17.9. The number of nitrogens with one attached hydrogen (secondary N) is 1. The number of fused-ring (bicyclic) bond motifs is 1. The van der Waals surface area contributed by atoms with Gasteiger partial charge in [0.15, 0.2) is 10.1 Å². The summed E-state index contributed by atoms with van der Waals surface area (Å²) < 4.78 is 7.44. The molecular formula is C18H16N4O2S2. The maximum absolute atomic E-state index is 12.2. The molecule has 0 fully saturated rings. The van der Waals surface area contributed by atoms with Crippen LogP contribution in [-0.4, -0.2) is 26.9 Å². The Bertz CT molecular complexity index is 1020. The smallest absolute Gasteiger partial charge is 0.232 e. The summed E-state index contributed by atoms with van der Waals surface area (Å²) >= 11 is 2.93. The molecule has 26 heavy (non-hydrogen) atoms. The van der Waals surface area contributed by atoms with Crippen molar-refractivity contribution >= 4 is 38.7 Å². The summed E-state index contributed by atoms with van der Waals surface area (Å²) in [5.41, 5.74) is 2.80. The molecule has 0 aliphatic rings. The number of benzene rings is 1. The largest absolute Gasteiger partial charge is 0.494 e. The van der Waals surface area contributed by atoms with E-state index in [-0.39, 0.29) is 12.3 Å². The van der Waals surface area contributed by atoms with E-state index in [0.717, 1.165) is 27.7 Å². The van der Waals surface area contributed by atoms with Crippen LogP contribution in [0.5, 0.6) is 5.75 Å². The van der Waals surface area contributed by atoms with Gasteiger partial charge in [-0.15, -0.1) is 22.7 Å². The van der Waals surface area contributed by atoms with Crippen LogP contribution in [-0.2, 0) is 11.2 Å². The summed E-state index contributed by atoms with van der Waals surface area (Å²) in [7, 11) is 0. The van der Waals surface area contributed by atoms with Crippen molar-refractivity contribution < 1.29 is 9.53 Å². The third kappa shape index (κ3) is 3.47. The van der Waals surface area contributed by atoms with E-state index in [1.165, 1.54) is 22.7 Å². The van der Waals surface area contributed by atoms with Gasteiger partial charge in [0.2, 0.25) is 5.91 Å². The van der Waals surface area contributed by atoms with Crippen molar-refractivity contribution in [3.05, 3.63) is 53.1 Å². The van der Waals surface area contributed by atoms with E-state index in [1.807, 2.05) is 52.5 Å². The zero-order valence-corrected chi connectivity index (χ0v) is 15.6. The first-order valence-corrected chi connectivity index (χ1v) is 9.87. The van der Waals surface area contributed by atoms with Crippen molar-refractivity contribution in [3.63, 3.8) is 0 Å². The monoisotopic (exact) mass is 384 g/mol. The molecule has 0 aliphatic heterocycles. The molecule has 4 rings (SSSR count). The summed E-state index contributed by atoms with van der Waals surface area (Å²) in [5, 5.41) is 7.21. The molecule has 1 aromatic carbocycles. The van der Waals surface area contributed by atoms with Gasteiger partial charge in [0.1, 0.15) is 5.75 Å². The van der Waals surface area contributed by atoms with Gasteiger partial charge in [-0.05, 0) is 31.2 Å². The van der Waals surface area contributed by atoms with Gasteiger partial charge in [0.25, 0.3) is 0 Å². The van der Waals surface area contributed by atoms with Crippen LogP contribution in [0.15, 0.2) is 47.4 Å². The molecule has 0 aliphatic carbocycles. The third-order valence-electron chi connectivity index (χ3n) is 3.76. The van der Waals surface area contributed by atoms with Crippen molar-refractivity contribution in [1.82, 2.24) is 14.4 Å². The number of aromatic nitrogens is 3. The third-order valence-corrected chi connectivity index (χ3v) is 5.34. The van der Waals surface area contributed by atoms with Crippen molar-refractivity contribution in [2.24, 2.45) is 0 Å². The topological polar surface area (TPSA) is 68.5 Å². The quantitative estimate of drug-likeness (QED) is 0.543. The fraction of sp³-hybridized carbons (Fsp3) is 0.167. The lowest BCUT2D eigenvalue weighted by molar-refractivity contribution is -0.115. The van der Waals surface area contributed by atoms with Crippen LogP contribution in [0.2, 0.25) is 0 Å². The Kier molecular flexibility index (Phi) is 4.68. The first kappa shape index (κ1) is 16.7. The summed E-state index contributed by atoms with van der Waals surface area (Å²) in [5.74, 6) is 0.757. The molecule has 1 amide bonds. The van der Waals surface area contributed by atoms with E-state index in [4.69, 9.17) is 4.74 Å². The second-order valence-corrected chi connectivity index (χ2v) is 7.26. The first-order chi connectivity index (χ1) is 12.7. The Hall–Kier alpha value is -2.71. The standard InChI is InChI=1S/C18H16N4O2S2/c1-2-24-14-5-3-12(4-6-14)15-10-22-13(11-26-18(22)20-15)9-16(23)21-17-19-7-8-25-17/h3-8,10-11H,2,9H2,1H3,(H,19,21,23). The maximum Gasteiger partial charge on any atom is 0.232 e. The predicted molar refractivity (Wildman–Crippen MR) is 104 cm³/mol. The summed E-state index contributed by atoms with van der Waals surface area (Å²) in [4.78, 5) is 21.8. The number of amides is 1. The van der Waals surface area contributed by atoms with Crippen molar-refractivity contribution in [2.75, 3.05) is 11.9 Å². The predicted octanol–water partition coefficient (Wildman–Crippen LogP) is 4.10. The number of anilines is 1. The van der Waals surface area contributed by atoms with Crippen molar-refractivity contribution in [1.29, 1.82) is 0 Å². The molecule has 0 radical (unpaired) electrons. The van der Waals surface area contributed by atoms with E-state index in [2.05, 4.69) is 15.3 Å². The van der Waals surface area contributed by atoms with Gasteiger partial charge in [0.05, 0.1) is 18.7 Å². The second kappa shape index (κ2) is 7.27. The normalized spacial score (nSPS) is 11.0. The van der Waals surface area contributed by atoms with Gasteiger partial charge in [-0.25, -0.2) is 9.97 Å². The molecule has 0 spiro atoms. The number of hydrogen-bond donors (Lipinski definition) is 1. The molecule has 8 heteroatoms. The van der Waals surface area contributed by atoms with Crippen LogP contribution in [0.4, 0.5) is 5.13 Å². The Morgan fingerprint density at radius 3 is 2.85 bits per heavy atom. The Morgan fingerprint density at radius 1 is 1.27 bits per heavy atom. The molecule has 0 atom stereocenters. The minimum atomic E-state index is -0.0871. The van der Waals surface area contributed by atoms with Crippen LogP contribution in [0, 0.1) is 0 Å². The van der Waals surface area contributed by atoms with Crippen molar-refractivity contribution in [3.8, 4) is 17.0 Å². The second-order valence-electron chi connectivity index (χ2n) is 5.53. The fourth-order valence-electron chi connectivity index (χ4n) is 2.60. The van der Waals surface area contributed by atoms with Crippen LogP contribution in [0.25, 0.3) is 16.2 Å². The lowest BCUT2D eigenvalue weighted by atomic mass is 10.1. The molecule has 132 valence electrons. The van der Waals surface area contributed by atoms with Gasteiger partial charge < -0.3 is 10.1 Å². The zero-order valence-electron chi connectivity index (χ0n) is 14.0. The van der Waals surface area contributed by atoms with Crippen molar-refractivity contribution in [2.45, 2.75) is 13.3 Å². The minimum absolute atomic E-state index is 0.0871. The molecule has 1 N–H and O–H groups in total. The van der Waals surface area contributed by atoms with Gasteiger partial charge in [-0.2, -0.15) is 0 Å². The average Bonchev–Trinajstić information content (AvgIpc) is 3.35. The lowest BCUT2D eigenvalue weighted by Crippen LogP contribution is -2.15. The maximum atomic E-state index is 12.2. The van der Waals surface area contributed by atoms with Gasteiger partial charge in [-0.1, -0.05) is 0 Å². The van der Waals surface area contributed by atoms with Crippen LogP contribution >= 0.6 is 22.7 Å². The highest BCUT2D eigenvalue weighted by molar-refractivity contribution is 7.15. The Balaban J connectivity index is 1.53. The van der Waals surface area contributed by atoms with Gasteiger partial charge in [0, 0.05) is 34.4 Å². The molecule has 3 aromatic heterocycles. The highest BCUT2D eigenvalue weighted by Gasteiger charge is 2.13. The van der Waals surface area contributed by atoms with E-state index in [0.29, 0.717) is 11.7 Å². The highest BCUT2D eigenvalue weighted by atomic mass is 32.1. The molecule has 0 saturated heterocycles. The molecular weight excluding hydrogens is 368 g/mol.